The Morgan fingerprint density at radius 1 is 1.35 bits per heavy atom. The summed E-state index contributed by atoms with van der Waals surface area (Å²) in [7, 11) is 0. The van der Waals surface area contributed by atoms with Crippen molar-refractivity contribution in [2.24, 2.45) is 17.3 Å². The van der Waals surface area contributed by atoms with Crippen LogP contribution < -0.4 is 5.73 Å². The average Bonchev–Trinajstić information content (AvgIpc) is 3.30. The Morgan fingerprint density at radius 3 is 2.96 bits per heavy atom. The molecule has 1 spiro atoms. The molecule has 2 heterocycles. The third-order valence-corrected chi connectivity index (χ3v) is 5.49. The lowest BCUT2D eigenvalue weighted by molar-refractivity contribution is -0.0302. The fraction of sp³-hybridized carbons (Fsp3) is 0.765. The van der Waals surface area contributed by atoms with Crippen LogP contribution in [0.3, 0.4) is 0 Å². The third kappa shape index (κ3) is 3.48. The highest BCUT2D eigenvalue weighted by molar-refractivity contribution is 5.19. The number of aromatic nitrogens is 2. The number of nitrogen functional groups attached to an aromatic ring is 1. The van der Waals surface area contributed by atoms with E-state index in [-0.39, 0.29) is 17.2 Å². The molecule has 0 bridgehead atoms. The number of rotatable bonds is 4. The summed E-state index contributed by atoms with van der Waals surface area (Å²) < 4.78 is 19.7. The van der Waals surface area contributed by atoms with Crippen molar-refractivity contribution in [3.8, 4) is 0 Å². The van der Waals surface area contributed by atoms with Gasteiger partial charge in [0, 0.05) is 25.0 Å². The van der Waals surface area contributed by atoms with Gasteiger partial charge < -0.3 is 15.4 Å². The molecule has 23 heavy (non-hydrogen) atoms. The van der Waals surface area contributed by atoms with E-state index in [2.05, 4.69) is 14.9 Å². The van der Waals surface area contributed by atoms with Gasteiger partial charge in [-0.05, 0) is 43.9 Å². The largest absolute Gasteiger partial charge is 0.379 e. The summed E-state index contributed by atoms with van der Waals surface area (Å²) in [5.41, 5.74) is 6.30. The molecule has 1 aromatic heterocycles. The fourth-order valence-corrected chi connectivity index (χ4v) is 4.29. The molecule has 6 heteroatoms. The SMILES string of the molecule is Nc1ncc(F)c(CC2CC3(COCCN(CC4CC4)C3)C2)n1. The van der Waals surface area contributed by atoms with Gasteiger partial charge in [0.2, 0.25) is 5.95 Å². The van der Waals surface area contributed by atoms with Crippen LogP contribution in [0.5, 0.6) is 0 Å². The van der Waals surface area contributed by atoms with Crippen molar-refractivity contribution in [1.29, 1.82) is 0 Å². The minimum Gasteiger partial charge on any atom is -0.379 e. The van der Waals surface area contributed by atoms with Crippen LogP contribution in [-0.2, 0) is 11.2 Å². The smallest absolute Gasteiger partial charge is 0.220 e. The Hall–Kier alpha value is -1.27. The summed E-state index contributed by atoms with van der Waals surface area (Å²) in [5.74, 6) is 1.21. The first-order chi connectivity index (χ1) is 11.1. The molecule has 0 amide bonds. The van der Waals surface area contributed by atoms with Crippen molar-refractivity contribution in [1.82, 2.24) is 14.9 Å². The summed E-state index contributed by atoms with van der Waals surface area (Å²) in [6.45, 7) is 5.11. The standard InChI is InChI=1S/C17H25FN4O/c18-14-8-20-16(19)21-15(14)5-13-6-17(7-13)10-22(3-4-23-11-17)9-12-1-2-12/h8,12-13H,1-7,9-11H2,(H2,19,20,21). The maximum atomic E-state index is 13.8. The maximum Gasteiger partial charge on any atom is 0.220 e. The molecule has 1 aliphatic heterocycles. The molecule has 2 aliphatic carbocycles. The van der Waals surface area contributed by atoms with Gasteiger partial charge in [-0.15, -0.1) is 0 Å². The molecule has 1 aromatic rings. The maximum absolute atomic E-state index is 13.8. The summed E-state index contributed by atoms with van der Waals surface area (Å²) in [4.78, 5) is 10.3. The van der Waals surface area contributed by atoms with Crippen molar-refractivity contribution in [3.05, 3.63) is 17.7 Å². The summed E-state index contributed by atoms with van der Waals surface area (Å²) in [5, 5.41) is 0. The Labute approximate surface area is 136 Å². The summed E-state index contributed by atoms with van der Waals surface area (Å²) >= 11 is 0. The number of nitrogens with two attached hydrogens (primary N) is 1. The molecule has 5 nitrogen and oxygen atoms in total. The highest BCUT2D eigenvalue weighted by atomic mass is 19.1. The second kappa shape index (κ2) is 5.98. The van der Waals surface area contributed by atoms with Crippen molar-refractivity contribution in [2.45, 2.75) is 32.1 Å². The minimum atomic E-state index is -0.340. The number of hydrogen-bond donors (Lipinski definition) is 1. The van der Waals surface area contributed by atoms with Crippen molar-refractivity contribution >= 4 is 5.95 Å². The van der Waals surface area contributed by atoms with Crippen LogP contribution in [0.25, 0.3) is 0 Å². The van der Waals surface area contributed by atoms with Gasteiger partial charge in [-0.3, -0.25) is 0 Å². The number of anilines is 1. The van der Waals surface area contributed by atoms with E-state index < -0.39 is 0 Å². The lowest BCUT2D eigenvalue weighted by atomic mass is 9.61. The predicted molar refractivity (Wildman–Crippen MR) is 85.2 cm³/mol. The molecule has 0 atom stereocenters. The molecule has 2 saturated carbocycles. The van der Waals surface area contributed by atoms with Crippen LogP contribution in [0.1, 0.15) is 31.4 Å². The average molecular weight is 320 g/mol. The Kier molecular flexibility index (Phi) is 3.97. The number of halogens is 1. The molecule has 0 unspecified atom stereocenters. The topological polar surface area (TPSA) is 64.3 Å². The lowest BCUT2D eigenvalue weighted by Gasteiger charge is -2.48. The summed E-state index contributed by atoms with van der Waals surface area (Å²) in [6.07, 6.45) is 6.80. The van der Waals surface area contributed by atoms with E-state index in [1.54, 1.807) is 0 Å². The van der Waals surface area contributed by atoms with Crippen LogP contribution in [0.4, 0.5) is 10.3 Å². The lowest BCUT2D eigenvalue weighted by Crippen LogP contribution is -2.48. The Bertz CT molecular complexity index is 572. The molecule has 3 fully saturated rings. The second-order valence-electron chi connectivity index (χ2n) is 7.73. The van der Waals surface area contributed by atoms with E-state index in [1.807, 2.05) is 0 Å². The van der Waals surface area contributed by atoms with Crippen LogP contribution in [0, 0.1) is 23.1 Å². The first kappa shape index (κ1) is 15.3. The van der Waals surface area contributed by atoms with Crippen LogP contribution in [0.2, 0.25) is 0 Å². The molecule has 1 saturated heterocycles. The molecule has 126 valence electrons. The number of hydrogen-bond acceptors (Lipinski definition) is 5. The monoisotopic (exact) mass is 320 g/mol. The molecule has 3 aliphatic rings. The normalized spacial score (nSPS) is 31.8. The van der Waals surface area contributed by atoms with Crippen LogP contribution in [0.15, 0.2) is 6.20 Å². The van der Waals surface area contributed by atoms with Gasteiger partial charge in [0.15, 0.2) is 5.82 Å². The highest BCUT2D eigenvalue weighted by Crippen LogP contribution is 2.49. The van der Waals surface area contributed by atoms with Gasteiger partial charge in [0.1, 0.15) is 0 Å². The molecular formula is C17H25FN4O. The molecule has 0 radical (unpaired) electrons. The summed E-state index contributed by atoms with van der Waals surface area (Å²) in [6, 6.07) is 0. The van der Waals surface area contributed by atoms with Crippen LogP contribution in [-0.4, -0.2) is 47.7 Å². The number of ether oxygens (including phenoxy) is 1. The van der Waals surface area contributed by atoms with Crippen molar-refractivity contribution in [3.63, 3.8) is 0 Å². The van der Waals surface area contributed by atoms with E-state index in [1.165, 1.54) is 25.6 Å². The van der Waals surface area contributed by atoms with E-state index >= 15 is 0 Å². The van der Waals surface area contributed by atoms with E-state index in [9.17, 15) is 4.39 Å². The number of nitrogens with zero attached hydrogens (tertiary/aromatic N) is 3. The molecule has 2 N–H and O–H groups in total. The second-order valence-corrected chi connectivity index (χ2v) is 7.73. The van der Waals surface area contributed by atoms with E-state index in [0.717, 1.165) is 45.1 Å². The van der Waals surface area contributed by atoms with E-state index in [0.29, 0.717) is 18.0 Å². The highest BCUT2D eigenvalue weighted by Gasteiger charge is 2.46. The fourth-order valence-electron chi connectivity index (χ4n) is 4.29. The zero-order chi connectivity index (χ0) is 15.9. The van der Waals surface area contributed by atoms with E-state index in [4.69, 9.17) is 10.5 Å². The quantitative estimate of drug-likeness (QED) is 0.918. The molecule has 0 aromatic carbocycles. The van der Waals surface area contributed by atoms with Gasteiger partial charge in [-0.1, -0.05) is 0 Å². The van der Waals surface area contributed by atoms with Gasteiger partial charge in [0.25, 0.3) is 0 Å². The van der Waals surface area contributed by atoms with Crippen molar-refractivity contribution in [2.75, 3.05) is 38.6 Å². The van der Waals surface area contributed by atoms with Gasteiger partial charge in [-0.25, -0.2) is 14.4 Å². The van der Waals surface area contributed by atoms with Gasteiger partial charge in [-0.2, -0.15) is 0 Å². The first-order valence-corrected chi connectivity index (χ1v) is 8.69. The first-order valence-electron chi connectivity index (χ1n) is 8.69. The molecular weight excluding hydrogens is 295 g/mol. The van der Waals surface area contributed by atoms with Gasteiger partial charge >= 0.3 is 0 Å². The Morgan fingerprint density at radius 2 is 2.17 bits per heavy atom. The minimum absolute atomic E-state index is 0.156. The zero-order valence-electron chi connectivity index (χ0n) is 13.5. The Balaban J connectivity index is 1.35. The predicted octanol–water partition coefficient (Wildman–Crippen LogP) is 1.88. The van der Waals surface area contributed by atoms with Crippen molar-refractivity contribution < 1.29 is 9.13 Å². The molecule has 4 rings (SSSR count). The van der Waals surface area contributed by atoms with Crippen LogP contribution >= 0.6 is 0 Å². The van der Waals surface area contributed by atoms with Gasteiger partial charge in [0.05, 0.1) is 25.1 Å². The zero-order valence-corrected chi connectivity index (χ0v) is 13.5. The third-order valence-electron chi connectivity index (χ3n) is 5.49.